The lowest BCUT2D eigenvalue weighted by atomic mass is 9.97. The fraction of sp³-hybridized carbons (Fsp3) is 0.286. The van der Waals surface area contributed by atoms with Crippen molar-refractivity contribution in [2.45, 2.75) is 52.9 Å². The predicted octanol–water partition coefficient (Wildman–Crippen LogP) is 6.06. The third kappa shape index (κ3) is 11.9. The van der Waals surface area contributed by atoms with Crippen LogP contribution in [0, 0.1) is 0 Å². The molecule has 2 atom stereocenters. The number of aliphatic carboxylic acids is 1. The number of nitrogens with one attached hydrogen (secondary N) is 1. The van der Waals surface area contributed by atoms with Crippen molar-refractivity contribution in [1.29, 1.82) is 0 Å². The van der Waals surface area contributed by atoms with Crippen molar-refractivity contribution in [2.75, 3.05) is 0 Å². The number of hydrogen-bond donors (Lipinski definition) is 5. The zero-order valence-corrected chi connectivity index (χ0v) is 22.6. The molecule has 7 nitrogen and oxygen atoms in total. The first-order valence-corrected chi connectivity index (χ1v) is 11.9. The molecule has 1 rings (SSSR count). The first-order chi connectivity index (χ1) is 18.2. The number of alkyl halides is 3. The highest BCUT2D eigenvalue weighted by atomic mass is 19.4. The van der Waals surface area contributed by atoms with E-state index in [4.69, 9.17) is 11.5 Å². The summed E-state index contributed by atoms with van der Waals surface area (Å²) in [6, 6.07) is 4.46. The van der Waals surface area contributed by atoms with Gasteiger partial charge in [-0.05, 0) is 45.1 Å². The maximum atomic E-state index is 14.3. The molecule has 0 fully saturated rings. The van der Waals surface area contributed by atoms with Crippen molar-refractivity contribution in [3.8, 4) is 0 Å². The lowest BCUT2D eigenvalue weighted by molar-refractivity contribution is -0.148. The van der Waals surface area contributed by atoms with Crippen molar-refractivity contribution in [3.05, 3.63) is 101 Å². The average molecular weight is 553 g/mol. The summed E-state index contributed by atoms with van der Waals surface area (Å²) in [6.45, 7) is 11.4. The summed E-state index contributed by atoms with van der Waals surface area (Å²) in [6.07, 6.45) is -0.580. The van der Waals surface area contributed by atoms with Crippen LogP contribution in [0.1, 0.15) is 40.2 Å². The molecule has 1 aromatic rings. The molecule has 11 heteroatoms. The highest BCUT2D eigenvalue weighted by Crippen LogP contribution is 2.30. The molecule has 214 valence electrons. The Morgan fingerprint density at radius 1 is 1.10 bits per heavy atom. The second-order valence-corrected chi connectivity index (χ2v) is 7.80. The number of nitrogens with two attached hydrogens (primary N) is 2. The monoisotopic (exact) mass is 552 g/mol. The normalized spacial score (nSPS) is 15.7. The molecule has 0 aliphatic carbocycles. The van der Waals surface area contributed by atoms with Crippen LogP contribution in [-0.4, -0.2) is 40.2 Å². The number of carbonyl (C=O) groups is 1. The minimum Gasteiger partial charge on any atom is -0.508 e. The van der Waals surface area contributed by atoms with E-state index >= 15 is 0 Å². The summed E-state index contributed by atoms with van der Waals surface area (Å²) in [5.41, 5.74) is 10.2. The van der Waals surface area contributed by atoms with E-state index in [1.165, 1.54) is 26.0 Å². The van der Waals surface area contributed by atoms with Gasteiger partial charge in [0.1, 0.15) is 17.6 Å². The number of aliphatic hydroxyl groups excluding tert-OH is 1. The number of carboxylic acids is 1. The molecule has 0 heterocycles. The summed E-state index contributed by atoms with van der Waals surface area (Å²) < 4.78 is 56.6. The van der Waals surface area contributed by atoms with Gasteiger partial charge in [-0.2, -0.15) is 13.2 Å². The third-order valence-corrected chi connectivity index (χ3v) is 4.92. The first-order valence-electron chi connectivity index (χ1n) is 11.9. The summed E-state index contributed by atoms with van der Waals surface area (Å²) in [4.78, 5) is 15.9. The van der Waals surface area contributed by atoms with Gasteiger partial charge in [0.05, 0.1) is 11.3 Å². The Bertz CT molecular complexity index is 1160. The van der Waals surface area contributed by atoms with Gasteiger partial charge in [0.25, 0.3) is 0 Å². The van der Waals surface area contributed by atoms with E-state index < -0.39 is 47.0 Å². The molecule has 0 aliphatic rings. The van der Waals surface area contributed by atoms with Crippen molar-refractivity contribution >= 4 is 17.4 Å². The second-order valence-electron chi connectivity index (χ2n) is 7.80. The molecule has 1 aromatic carbocycles. The molecule has 2 unspecified atom stereocenters. The smallest absolute Gasteiger partial charge is 0.407 e. The number of hydrogen-bond acceptors (Lipinski definition) is 6. The van der Waals surface area contributed by atoms with Gasteiger partial charge in [-0.1, -0.05) is 50.8 Å². The van der Waals surface area contributed by atoms with Crippen LogP contribution in [-0.2, 0) is 4.79 Å². The molecular weight excluding hydrogens is 516 g/mol. The molecule has 0 bridgehead atoms. The molecule has 0 saturated carbocycles. The SMILES string of the molecule is C=C(N)\C=C(/N=C(C)/C(=C\C(O)=C/C)C(NC(C)/C(=C\C(F)=C/N)C(=O)O)C(F)(F)F)c1ccccc1.CC. The van der Waals surface area contributed by atoms with E-state index in [1.807, 2.05) is 13.8 Å². The summed E-state index contributed by atoms with van der Waals surface area (Å²) in [7, 11) is 0. The van der Waals surface area contributed by atoms with Crippen LogP contribution in [0.25, 0.3) is 5.70 Å². The Kier molecular flexibility index (Phi) is 14.9. The molecular formula is C28H36F4N4O3. The fourth-order valence-electron chi connectivity index (χ4n) is 3.12. The van der Waals surface area contributed by atoms with Crippen molar-refractivity contribution in [2.24, 2.45) is 16.5 Å². The van der Waals surface area contributed by atoms with Gasteiger partial charge in [0.15, 0.2) is 0 Å². The van der Waals surface area contributed by atoms with Gasteiger partial charge < -0.3 is 21.7 Å². The Balaban J connectivity index is 0.00000704. The maximum absolute atomic E-state index is 14.3. The standard InChI is InChI=1S/C26H30F4N4O3.C2H6/c1-5-20(35)13-21(16(3)33-23(11-15(2)32)18-9-7-6-8-10-18)24(26(28,29)30)34-17(4)22(25(36)37)12-19(27)14-31;1-2/h5-14,17,24,34-35H,2,31-32H2,1,3-4H3,(H,36,37);1-2H3/b19-14+,20-5+,21-13+,22-12+,23-11-,33-16+;. The van der Waals surface area contributed by atoms with E-state index in [0.717, 1.165) is 13.0 Å². The second kappa shape index (κ2) is 16.7. The van der Waals surface area contributed by atoms with Gasteiger partial charge in [0, 0.05) is 34.8 Å². The van der Waals surface area contributed by atoms with Crippen LogP contribution in [0.2, 0.25) is 0 Å². The average Bonchev–Trinajstić information content (AvgIpc) is 2.88. The van der Waals surface area contributed by atoms with Crippen molar-refractivity contribution < 1.29 is 32.6 Å². The fourth-order valence-corrected chi connectivity index (χ4v) is 3.12. The number of carboxylic acid groups (broad SMARTS) is 1. The van der Waals surface area contributed by atoms with Crippen molar-refractivity contribution in [3.63, 3.8) is 0 Å². The Hall–Kier alpha value is -4.12. The van der Waals surface area contributed by atoms with Crippen LogP contribution in [0.3, 0.4) is 0 Å². The number of benzene rings is 1. The largest absolute Gasteiger partial charge is 0.508 e. The van der Waals surface area contributed by atoms with Gasteiger partial charge in [-0.3, -0.25) is 10.3 Å². The van der Waals surface area contributed by atoms with E-state index in [9.17, 15) is 32.6 Å². The zero-order valence-electron chi connectivity index (χ0n) is 22.6. The van der Waals surface area contributed by atoms with Crippen LogP contribution in [0.4, 0.5) is 17.6 Å². The van der Waals surface area contributed by atoms with E-state index in [0.29, 0.717) is 17.8 Å². The number of aliphatic hydroxyl groups is 1. The minimum absolute atomic E-state index is 0.0996. The van der Waals surface area contributed by atoms with Gasteiger partial charge in [-0.15, -0.1) is 0 Å². The molecule has 39 heavy (non-hydrogen) atoms. The molecule has 7 N–H and O–H groups in total. The summed E-state index contributed by atoms with van der Waals surface area (Å²) >= 11 is 0. The number of halogens is 4. The van der Waals surface area contributed by atoms with Gasteiger partial charge in [-0.25, -0.2) is 9.18 Å². The lowest BCUT2D eigenvalue weighted by Gasteiger charge is -2.28. The molecule has 0 aromatic heterocycles. The maximum Gasteiger partial charge on any atom is 0.407 e. The highest BCUT2D eigenvalue weighted by molar-refractivity contribution is 6.03. The molecule has 0 spiro atoms. The lowest BCUT2D eigenvalue weighted by Crippen LogP contribution is -2.50. The Morgan fingerprint density at radius 3 is 2.10 bits per heavy atom. The highest BCUT2D eigenvalue weighted by Gasteiger charge is 2.44. The first kappa shape index (κ1) is 34.9. The van der Waals surface area contributed by atoms with Crippen LogP contribution in [0.15, 0.2) is 101 Å². The number of nitrogens with zero attached hydrogens (tertiary/aromatic N) is 1. The van der Waals surface area contributed by atoms with Gasteiger partial charge >= 0.3 is 12.1 Å². The van der Waals surface area contributed by atoms with E-state index in [-0.39, 0.29) is 17.1 Å². The van der Waals surface area contributed by atoms with E-state index in [2.05, 4.69) is 16.9 Å². The van der Waals surface area contributed by atoms with Crippen LogP contribution in [0.5, 0.6) is 0 Å². The number of rotatable bonds is 11. The third-order valence-electron chi connectivity index (χ3n) is 4.92. The summed E-state index contributed by atoms with van der Waals surface area (Å²) in [5.74, 6) is -3.29. The van der Waals surface area contributed by atoms with Crippen LogP contribution < -0.4 is 16.8 Å². The Morgan fingerprint density at radius 2 is 1.67 bits per heavy atom. The molecule has 0 aliphatic heterocycles. The Labute approximate surface area is 226 Å². The number of aliphatic imine (C=N–C) groups is 1. The topological polar surface area (TPSA) is 134 Å². The van der Waals surface area contributed by atoms with E-state index in [1.54, 1.807) is 30.3 Å². The van der Waals surface area contributed by atoms with Crippen molar-refractivity contribution in [1.82, 2.24) is 5.32 Å². The van der Waals surface area contributed by atoms with Crippen LogP contribution >= 0.6 is 0 Å². The molecule has 0 radical (unpaired) electrons. The number of allylic oxidation sites excluding steroid dienone is 5. The quantitative estimate of drug-likeness (QED) is 0.0744. The molecule has 0 saturated heterocycles. The molecule has 0 amide bonds. The minimum atomic E-state index is -4.98. The summed E-state index contributed by atoms with van der Waals surface area (Å²) in [5, 5.41) is 21.7. The van der Waals surface area contributed by atoms with Gasteiger partial charge in [0.2, 0.25) is 0 Å². The zero-order chi connectivity index (χ0) is 30.3. The predicted molar refractivity (Wildman–Crippen MR) is 148 cm³/mol.